The highest BCUT2D eigenvalue weighted by molar-refractivity contribution is 9.11. The Bertz CT molecular complexity index is 2140. The lowest BCUT2D eigenvalue weighted by Crippen LogP contribution is -2.21. The summed E-state index contributed by atoms with van der Waals surface area (Å²) in [5, 5.41) is 4.68. The number of halogens is 1. The minimum absolute atomic E-state index is 0.361. The van der Waals surface area contributed by atoms with Crippen LogP contribution in [0.3, 0.4) is 0 Å². The Labute approximate surface area is 255 Å². The molecule has 3 heterocycles. The Morgan fingerprint density at radius 3 is 2.26 bits per heavy atom. The average molecular weight is 627 g/mol. The third-order valence-corrected chi connectivity index (χ3v) is 9.36. The molecule has 2 aromatic heterocycles. The minimum Gasteiger partial charge on any atom is -0.487 e. The number of ether oxygens (including phenoxy) is 1. The summed E-state index contributed by atoms with van der Waals surface area (Å²) in [4.78, 5) is 2.29. The van der Waals surface area contributed by atoms with Crippen LogP contribution < -0.4 is 9.64 Å². The number of hydrogen-bond donors (Lipinski definition) is 0. The van der Waals surface area contributed by atoms with E-state index in [1.54, 1.807) is 0 Å². The number of nitrogens with zero attached hydrogens (tertiary/aromatic N) is 1. The minimum atomic E-state index is 0.361. The highest BCUT2D eigenvalue weighted by Crippen LogP contribution is 2.41. The lowest BCUT2D eigenvalue weighted by atomic mass is 10.1. The van der Waals surface area contributed by atoms with Crippen LogP contribution in [0.5, 0.6) is 5.75 Å². The lowest BCUT2D eigenvalue weighted by Gasteiger charge is -2.28. The molecule has 0 bridgehead atoms. The standard InChI is InChI=1S/C37H24BrNO2S/c1-23-18-24(38)19-27(22-40-33-11-5-2-8-28(23)33)39(25-14-16-35-31(20-25)29-9-3-6-12-34(29)41-35)26-15-17-37-32(21-26)30-10-4-7-13-36(30)42-37/h2-21H,1,22H2/b24-18+,27-19+. The van der Waals surface area contributed by atoms with Crippen LogP contribution in [-0.4, -0.2) is 6.61 Å². The van der Waals surface area contributed by atoms with E-state index in [-0.39, 0.29) is 0 Å². The molecule has 5 aromatic carbocycles. The SMILES string of the molecule is C=C1/C=C(Br)\C=C(\N(c2ccc3oc4ccccc4c3c2)c2ccc3sc4ccccc4c3c2)COc2ccccc21. The summed E-state index contributed by atoms with van der Waals surface area (Å²) in [7, 11) is 0. The van der Waals surface area contributed by atoms with Gasteiger partial charge in [0, 0.05) is 52.4 Å². The van der Waals surface area contributed by atoms with Crippen LogP contribution in [0.2, 0.25) is 0 Å². The number of thiophene rings is 1. The zero-order valence-corrected chi connectivity index (χ0v) is 24.9. The fourth-order valence-corrected chi connectivity index (χ4v) is 7.44. The Hall–Kier alpha value is -4.58. The average Bonchev–Trinajstić information content (AvgIpc) is 3.58. The van der Waals surface area contributed by atoms with Gasteiger partial charge in [0.25, 0.3) is 0 Å². The summed E-state index contributed by atoms with van der Waals surface area (Å²) < 4.78 is 16.2. The van der Waals surface area contributed by atoms with E-state index in [1.165, 1.54) is 20.2 Å². The van der Waals surface area contributed by atoms with Crippen LogP contribution in [0.1, 0.15) is 5.56 Å². The van der Waals surface area contributed by atoms with Crippen LogP contribution in [0.25, 0.3) is 47.7 Å². The monoisotopic (exact) mass is 625 g/mol. The number of anilines is 2. The molecular weight excluding hydrogens is 602 g/mol. The Balaban J connectivity index is 1.35. The summed E-state index contributed by atoms with van der Waals surface area (Å²) in [5.41, 5.74) is 6.67. The quantitative estimate of drug-likeness (QED) is 0.195. The second-order valence-corrected chi connectivity index (χ2v) is 12.4. The number of fused-ring (bicyclic) bond motifs is 7. The van der Waals surface area contributed by atoms with Gasteiger partial charge in [-0.05, 0) is 72.3 Å². The molecule has 202 valence electrons. The van der Waals surface area contributed by atoms with Gasteiger partial charge in [-0.2, -0.15) is 0 Å². The van der Waals surface area contributed by atoms with Gasteiger partial charge in [0.2, 0.25) is 0 Å². The van der Waals surface area contributed by atoms with Gasteiger partial charge in [-0.3, -0.25) is 0 Å². The molecule has 0 radical (unpaired) electrons. The first-order valence-corrected chi connectivity index (χ1v) is 15.3. The van der Waals surface area contributed by atoms with Crippen molar-refractivity contribution >= 4 is 86.3 Å². The van der Waals surface area contributed by atoms with Crippen LogP contribution in [0, 0.1) is 0 Å². The molecule has 7 aromatic rings. The molecule has 0 atom stereocenters. The van der Waals surface area contributed by atoms with E-state index >= 15 is 0 Å². The van der Waals surface area contributed by atoms with Gasteiger partial charge in [0.15, 0.2) is 0 Å². The lowest BCUT2D eigenvalue weighted by molar-refractivity contribution is 0.349. The molecular formula is C37H24BrNO2S. The molecule has 42 heavy (non-hydrogen) atoms. The van der Waals surface area contributed by atoms with E-state index in [4.69, 9.17) is 9.15 Å². The summed E-state index contributed by atoms with van der Waals surface area (Å²) >= 11 is 5.64. The normalized spacial score (nSPS) is 16.3. The van der Waals surface area contributed by atoms with Crippen molar-refractivity contribution in [1.82, 2.24) is 0 Å². The van der Waals surface area contributed by atoms with Gasteiger partial charge in [0.1, 0.15) is 23.5 Å². The molecule has 1 aliphatic rings. The summed E-state index contributed by atoms with van der Waals surface area (Å²) in [5.74, 6) is 0.808. The van der Waals surface area contributed by atoms with Crippen molar-refractivity contribution in [3.63, 3.8) is 0 Å². The van der Waals surface area contributed by atoms with E-state index in [0.29, 0.717) is 6.61 Å². The van der Waals surface area contributed by atoms with E-state index < -0.39 is 0 Å². The van der Waals surface area contributed by atoms with Crippen LogP contribution in [-0.2, 0) is 0 Å². The smallest absolute Gasteiger partial charge is 0.135 e. The topological polar surface area (TPSA) is 25.6 Å². The first-order valence-electron chi connectivity index (χ1n) is 13.7. The maximum atomic E-state index is 6.51. The first-order chi connectivity index (χ1) is 20.6. The molecule has 8 rings (SSSR count). The number of rotatable bonds is 3. The van der Waals surface area contributed by atoms with Crippen LogP contribution in [0.4, 0.5) is 11.4 Å². The molecule has 3 nitrogen and oxygen atoms in total. The van der Waals surface area contributed by atoms with Crippen molar-refractivity contribution in [2.24, 2.45) is 0 Å². The third-order valence-electron chi connectivity index (χ3n) is 7.75. The maximum absolute atomic E-state index is 6.51. The molecule has 0 saturated carbocycles. The molecule has 1 aliphatic heterocycles. The van der Waals surface area contributed by atoms with Crippen molar-refractivity contribution in [2.75, 3.05) is 11.5 Å². The second kappa shape index (κ2) is 10.1. The predicted molar refractivity (Wildman–Crippen MR) is 181 cm³/mol. The van der Waals surface area contributed by atoms with Crippen LogP contribution in [0.15, 0.2) is 143 Å². The zero-order chi connectivity index (χ0) is 28.2. The Morgan fingerprint density at radius 1 is 0.667 bits per heavy atom. The number of allylic oxidation sites excluding steroid dienone is 4. The van der Waals surface area contributed by atoms with Gasteiger partial charge in [-0.15, -0.1) is 11.3 Å². The zero-order valence-electron chi connectivity index (χ0n) is 22.5. The fraction of sp³-hybridized carbons (Fsp3) is 0.0270. The molecule has 0 amide bonds. The van der Waals surface area contributed by atoms with Gasteiger partial charge in [-0.25, -0.2) is 0 Å². The third kappa shape index (κ3) is 4.25. The molecule has 5 heteroatoms. The predicted octanol–water partition coefficient (Wildman–Crippen LogP) is 11.4. The first kappa shape index (κ1) is 25.2. The van der Waals surface area contributed by atoms with Crippen molar-refractivity contribution in [2.45, 2.75) is 0 Å². The molecule has 0 spiro atoms. The molecule has 0 unspecified atom stereocenters. The number of hydrogen-bond acceptors (Lipinski definition) is 4. The highest BCUT2D eigenvalue weighted by atomic mass is 79.9. The number of para-hydroxylation sites is 2. The highest BCUT2D eigenvalue weighted by Gasteiger charge is 2.21. The summed E-state index contributed by atoms with van der Waals surface area (Å²) in [6.45, 7) is 4.67. The van der Waals surface area contributed by atoms with E-state index in [2.05, 4.69) is 106 Å². The Kier molecular flexibility index (Phi) is 6.02. The van der Waals surface area contributed by atoms with E-state index in [9.17, 15) is 0 Å². The molecule has 0 fully saturated rings. The van der Waals surface area contributed by atoms with Crippen molar-refractivity contribution in [1.29, 1.82) is 0 Å². The molecule has 0 N–H and O–H groups in total. The van der Waals surface area contributed by atoms with Gasteiger partial charge < -0.3 is 14.1 Å². The van der Waals surface area contributed by atoms with Gasteiger partial charge in [-0.1, -0.05) is 77.1 Å². The summed E-state index contributed by atoms with van der Waals surface area (Å²) in [6, 6.07) is 38.0. The number of furan rings is 1. The van der Waals surface area contributed by atoms with E-state index in [1.807, 2.05) is 53.8 Å². The van der Waals surface area contributed by atoms with E-state index in [0.717, 1.165) is 60.4 Å². The number of benzene rings is 5. The largest absolute Gasteiger partial charge is 0.487 e. The van der Waals surface area contributed by atoms with Crippen molar-refractivity contribution < 1.29 is 9.15 Å². The van der Waals surface area contributed by atoms with Gasteiger partial charge >= 0.3 is 0 Å². The maximum Gasteiger partial charge on any atom is 0.135 e. The Morgan fingerprint density at radius 2 is 1.36 bits per heavy atom. The molecule has 0 saturated heterocycles. The molecule has 0 aliphatic carbocycles. The van der Waals surface area contributed by atoms with Crippen LogP contribution >= 0.6 is 27.3 Å². The van der Waals surface area contributed by atoms with Crippen molar-refractivity contribution in [3.05, 3.63) is 144 Å². The van der Waals surface area contributed by atoms with Gasteiger partial charge in [0.05, 0.1) is 5.70 Å². The second-order valence-electron chi connectivity index (χ2n) is 10.4. The summed E-state index contributed by atoms with van der Waals surface area (Å²) in [6.07, 6.45) is 4.18. The fourth-order valence-electron chi connectivity index (χ4n) is 5.81. The van der Waals surface area contributed by atoms with Crippen molar-refractivity contribution in [3.8, 4) is 5.75 Å².